The summed E-state index contributed by atoms with van der Waals surface area (Å²) >= 11 is 6.24. The molecule has 1 aromatic heterocycles. The van der Waals surface area contributed by atoms with E-state index in [1.165, 1.54) is 0 Å². The van der Waals surface area contributed by atoms with E-state index in [1.54, 1.807) is 0 Å². The predicted octanol–water partition coefficient (Wildman–Crippen LogP) is 3.97. The normalized spacial score (nSPS) is 21.6. The Bertz CT molecular complexity index is 753. The lowest BCUT2D eigenvalue weighted by Crippen LogP contribution is -2.32. The fourth-order valence-electron chi connectivity index (χ4n) is 3.83. The fraction of sp³-hybridized carbons (Fsp3) is 0.600. The van der Waals surface area contributed by atoms with E-state index < -0.39 is 0 Å². The van der Waals surface area contributed by atoms with Gasteiger partial charge in [-0.3, -0.25) is 4.90 Å². The topological polar surface area (TPSA) is 60.6 Å². The summed E-state index contributed by atoms with van der Waals surface area (Å²) < 4.78 is 17.1. The van der Waals surface area contributed by atoms with Gasteiger partial charge < -0.3 is 14.0 Å². The summed E-state index contributed by atoms with van der Waals surface area (Å²) in [7, 11) is 0. The van der Waals surface area contributed by atoms with E-state index in [-0.39, 0.29) is 6.10 Å². The number of hydrogen-bond donors (Lipinski definition) is 0. The molecule has 2 saturated heterocycles. The summed E-state index contributed by atoms with van der Waals surface area (Å²) in [5.41, 5.74) is 1.13. The predicted molar refractivity (Wildman–Crippen MR) is 102 cm³/mol. The van der Waals surface area contributed by atoms with Crippen molar-refractivity contribution in [3.63, 3.8) is 0 Å². The lowest BCUT2D eigenvalue weighted by atomic mass is 9.96. The number of nitrogens with zero attached hydrogens (tertiary/aromatic N) is 3. The van der Waals surface area contributed by atoms with Crippen LogP contribution in [0.2, 0.25) is 5.02 Å². The number of hydrogen-bond acceptors (Lipinski definition) is 6. The van der Waals surface area contributed by atoms with Gasteiger partial charge in [-0.15, -0.1) is 0 Å². The van der Waals surface area contributed by atoms with E-state index in [0.29, 0.717) is 18.3 Å². The Morgan fingerprint density at radius 3 is 2.81 bits per heavy atom. The van der Waals surface area contributed by atoms with Crippen LogP contribution in [0.5, 0.6) is 5.75 Å². The minimum atomic E-state index is 0.210. The van der Waals surface area contributed by atoms with Gasteiger partial charge in [-0.05, 0) is 63.9 Å². The lowest BCUT2D eigenvalue weighted by molar-refractivity contribution is 0.0671. The van der Waals surface area contributed by atoms with E-state index in [2.05, 4.69) is 15.0 Å². The van der Waals surface area contributed by atoms with Crippen LogP contribution in [0.3, 0.4) is 0 Å². The number of halogens is 1. The molecule has 0 radical (unpaired) electrons. The SMILES string of the molecule is Cc1noc(C2CCN(Cc3cc(Cl)ccc3OCC3CCCO3)CC2)n1. The number of benzene rings is 1. The van der Waals surface area contributed by atoms with E-state index in [4.69, 9.17) is 25.6 Å². The molecule has 0 spiro atoms. The van der Waals surface area contributed by atoms with Gasteiger partial charge in [0, 0.05) is 29.7 Å². The molecule has 0 N–H and O–H groups in total. The molecule has 1 aromatic carbocycles. The molecular formula is C20H26ClN3O3. The van der Waals surface area contributed by atoms with Crippen molar-refractivity contribution in [2.75, 3.05) is 26.3 Å². The summed E-state index contributed by atoms with van der Waals surface area (Å²) in [5, 5.41) is 4.65. The van der Waals surface area contributed by atoms with Crippen molar-refractivity contribution < 1.29 is 14.0 Å². The molecule has 2 aliphatic heterocycles. The van der Waals surface area contributed by atoms with Crippen LogP contribution in [0.1, 0.15) is 48.9 Å². The molecule has 0 saturated carbocycles. The van der Waals surface area contributed by atoms with Gasteiger partial charge in [0.05, 0.1) is 6.10 Å². The van der Waals surface area contributed by atoms with Gasteiger partial charge in [0.15, 0.2) is 5.82 Å². The molecular weight excluding hydrogens is 366 g/mol. The van der Waals surface area contributed by atoms with E-state index >= 15 is 0 Å². The number of likely N-dealkylation sites (tertiary alicyclic amines) is 1. The molecule has 0 bridgehead atoms. The standard InChI is InChI=1S/C20H26ClN3O3/c1-14-22-20(27-23-14)15-6-8-24(9-7-15)12-16-11-17(21)4-5-19(16)26-13-18-3-2-10-25-18/h4-5,11,15,18H,2-3,6-10,12-13H2,1H3. The molecule has 1 atom stereocenters. The molecule has 0 amide bonds. The third-order valence-corrected chi connectivity index (χ3v) is 5.58. The third-order valence-electron chi connectivity index (χ3n) is 5.35. The Labute approximate surface area is 164 Å². The minimum absolute atomic E-state index is 0.210. The maximum atomic E-state index is 6.24. The van der Waals surface area contributed by atoms with Gasteiger partial charge in [0.1, 0.15) is 12.4 Å². The molecule has 2 aromatic rings. The molecule has 6 nitrogen and oxygen atoms in total. The number of ether oxygens (including phenoxy) is 2. The monoisotopic (exact) mass is 391 g/mol. The van der Waals surface area contributed by atoms with Gasteiger partial charge in [-0.2, -0.15) is 4.98 Å². The highest BCUT2D eigenvalue weighted by Gasteiger charge is 2.25. The largest absolute Gasteiger partial charge is 0.491 e. The average molecular weight is 392 g/mol. The molecule has 0 aliphatic carbocycles. The first-order valence-corrected chi connectivity index (χ1v) is 10.1. The minimum Gasteiger partial charge on any atom is -0.491 e. The van der Waals surface area contributed by atoms with Gasteiger partial charge in [0.25, 0.3) is 0 Å². The zero-order valence-corrected chi connectivity index (χ0v) is 16.5. The van der Waals surface area contributed by atoms with Gasteiger partial charge >= 0.3 is 0 Å². The average Bonchev–Trinajstić information content (AvgIpc) is 3.33. The molecule has 2 fully saturated rings. The van der Waals surface area contributed by atoms with E-state index in [9.17, 15) is 0 Å². The van der Waals surface area contributed by atoms with Crippen LogP contribution in [0.4, 0.5) is 0 Å². The molecule has 4 rings (SSSR count). The smallest absolute Gasteiger partial charge is 0.229 e. The summed E-state index contributed by atoms with van der Waals surface area (Å²) in [6, 6.07) is 5.88. The summed E-state index contributed by atoms with van der Waals surface area (Å²) in [4.78, 5) is 6.82. The maximum Gasteiger partial charge on any atom is 0.229 e. The van der Waals surface area contributed by atoms with Gasteiger partial charge in [-0.25, -0.2) is 0 Å². The highest BCUT2D eigenvalue weighted by Crippen LogP contribution is 2.30. The quantitative estimate of drug-likeness (QED) is 0.742. The number of aromatic nitrogens is 2. The van der Waals surface area contributed by atoms with E-state index in [1.807, 2.05) is 25.1 Å². The maximum absolute atomic E-state index is 6.24. The van der Waals surface area contributed by atoms with Crippen molar-refractivity contribution in [1.29, 1.82) is 0 Å². The van der Waals surface area contributed by atoms with Crippen LogP contribution in [-0.2, 0) is 11.3 Å². The Hall–Kier alpha value is -1.63. The first-order valence-electron chi connectivity index (χ1n) is 9.73. The van der Waals surface area contributed by atoms with Gasteiger partial charge in [0.2, 0.25) is 5.89 Å². The van der Waals surface area contributed by atoms with Crippen LogP contribution in [-0.4, -0.2) is 47.4 Å². The first kappa shape index (κ1) is 18.7. The van der Waals surface area contributed by atoms with Gasteiger partial charge in [-0.1, -0.05) is 16.8 Å². The highest BCUT2D eigenvalue weighted by atomic mass is 35.5. The van der Waals surface area contributed by atoms with Crippen LogP contribution in [0.25, 0.3) is 0 Å². The summed E-state index contributed by atoms with van der Waals surface area (Å²) in [5.74, 6) is 2.75. The van der Waals surface area contributed by atoms with Crippen molar-refractivity contribution >= 4 is 11.6 Å². The Balaban J connectivity index is 1.35. The number of rotatable bonds is 6. The number of aryl methyl sites for hydroxylation is 1. The highest BCUT2D eigenvalue weighted by molar-refractivity contribution is 6.30. The second kappa shape index (κ2) is 8.59. The molecule has 27 heavy (non-hydrogen) atoms. The van der Waals surface area contributed by atoms with Crippen LogP contribution < -0.4 is 4.74 Å². The second-order valence-corrected chi connectivity index (χ2v) is 7.86. The van der Waals surface area contributed by atoms with Crippen LogP contribution >= 0.6 is 11.6 Å². The van der Waals surface area contributed by atoms with Crippen molar-refractivity contribution in [2.45, 2.75) is 51.2 Å². The van der Waals surface area contributed by atoms with Crippen LogP contribution in [0, 0.1) is 6.92 Å². The molecule has 146 valence electrons. The van der Waals surface area contributed by atoms with Crippen molar-refractivity contribution in [3.05, 3.63) is 40.5 Å². The summed E-state index contributed by atoms with van der Waals surface area (Å²) in [6.07, 6.45) is 4.45. The third kappa shape index (κ3) is 4.81. The zero-order chi connectivity index (χ0) is 18.6. The Kier molecular flexibility index (Phi) is 5.95. The number of piperidine rings is 1. The van der Waals surface area contributed by atoms with Crippen LogP contribution in [0.15, 0.2) is 22.7 Å². The van der Waals surface area contributed by atoms with Crippen molar-refractivity contribution in [2.24, 2.45) is 0 Å². The Morgan fingerprint density at radius 1 is 1.26 bits per heavy atom. The first-order chi connectivity index (χ1) is 13.2. The lowest BCUT2D eigenvalue weighted by Gasteiger charge is -2.30. The fourth-order valence-corrected chi connectivity index (χ4v) is 4.02. The summed E-state index contributed by atoms with van der Waals surface area (Å²) in [6.45, 7) is 6.12. The molecule has 1 unspecified atom stereocenters. The van der Waals surface area contributed by atoms with Crippen molar-refractivity contribution in [3.8, 4) is 5.75 Å². The zero-order valence-electron chi connectivity index (χ0n) is 15.7. The Morgan fingerprint density at radius 2 is 2.11 bits per heavy atom. The molecule has 3 heterocycles. The van der Waals surface area contributed by atoms with Crippen molar-refractivity contribution in [1.82, 2.24) is 15.0 Å². The van der Waals surface area contributed by atoms with E-state index in [0.717, 1.165) is 74.2 Å². The second-order valence-electron chi connectivity index (χ2n) is 7.43. The molecule has 2 aliphatic rings. The molecule has 7 heteroatoms.